The number of alkyl halides is 3. The van der Waals surface area contributed by atoms with Gasteiger partial charge in [-0.25, -0.2) is 9.97 Å². The largest absolute Gasteiger partial charge is 0.493 e. The number of benzene rings is 2. The van der Waals surface area contributed by atoms with Crippen LogP contribution < -0.4 is 9.47 Å². The Morgan fingerprint density at radius 1 is 1.03 bits per heavy atom. The van der Waals surface area contributed by atoms with Crippen LogP contribution in [0.15, 0.2) is 65.3 Å². The Morgan fingerprint density at radius 2 is 1.82 bits per heavy atom. The minimum Gasteiger partial charge on any atom is -0.493 e. The van der Waals surface area contributed by atoms with Gasteiger partial charge in [0.05, 0.1) is 37.4 Å². The van der Waals surface area contributed by atoms with Crippen LogP contribution >= 0.6 is 23.1 Å². The molecule has 0 aliphatic carbocycles. The van der Waals surface area contributed by atoms with Crippen LogP contribution in [-0.2, 0) is 12.3 Å². The van der Waals surface area contributed by atoms with E-state index in [4.69, 9.17) is 9.47 Å². The molecule has 4 rings (SSSR count). The van der Waals surface area contributed by atoms with Crippen molar-refractivity contribution < 1.29 is 22.6 Å². The molecule has 2 aromatic heterocycles. The maximum Gasteiger partial charge on any atom is 0.406 e. The lowest BCUT2D eigenvalue weighted by Crippen LogP contribution is -2.19. The zero-order chi connectivity index (χ0) is 23.4. The third kappa shape index (κ3) is 5.33. The van der Waals surface area contributed by atoms with Crippen LogP contribution in [0.2, 0.25) is 0 Å². The smallest absolute Gasteiger partial charge is 0.406 e. The summed E-state index contributed by atoms with van der Waals surface area (Å²) in [4.78, 5) is 8.92. The zero-order valence-corrected chi connectivity index (χ0v) is 19.4. The second-order valence-corrected chi connectivity index (χ2v) is 8.77. The van der Waals surface area contributed by atoms with Gasteiger partial charge >= 0.3 is 6.18 Å². The molecule has 10 heteroatoms. The second-order valence-electron chi connectivity index (χ2n) is 6.97. The van der Waals surface area contributed by atoms with E-state index in [-0.39, 0.29) is 0 Å². The SMILES string of the molecule is COc1cccc(-c2nc(CSc3ncc(-c4ccccc4)n3CC(F)(F)F)cs2)c1OC. The van der Waals surface area contributed by atoms with E-state index in [9.17, 15) is 13.2 Å². The van der Waals surface area contributed by atoms with Gasteiger partial charge in [0.25, 0.3) is 0 Å². The third-order valence-corrected chi connectivity index (χ3v) is 6.71. The summed E-state index contributed by atoms with van der Waals surface area (Å²) < 4.78 is 51.9. The lowest BCUT2D eigenvalue weighted by Gasteiger charge is -2.14. The predicted octanol–water partition coefficient (Wildman–Crippen LogP) is 6.55. The van der Waals surface area contributed by atoms with Gasteiger partial charge in [0.2, 0.25) is 0 Å². The Morgan fingerprint density at radius 3 is 2.52 bits per heavy atom. The van der Waals surface area contributed by atoms with Gasteiger partial charge in [0, 0.05) is 11.1 Å². The van der Waals surface area contributed by atoms with Crippen molar-refractivity contribution in [3.8, 4) is 33.3 Å². The number of aromatic nitrogens is 3. The first kappa shape index (κ1) is 23.2. The van der Waals surface area contributed by atoms with Crippen LogP contribution in [0.25, 0.3) is 21.8 Å². The average Bonchev–Trinajstić information content (AvgIpc) is 3.43. The standard InChI is InChI=1S/C23H20F3N3O2S2/c1-30-19-10-6-9-17(20(19)31-2)21-28-16(12-32-21)13-33-22-27-11-18(15-7-4-3-5-8-15)29(22)14-23(24,25)26/h3-12H,13-14H2,1-2H3. The molecule has 0 atom stereocenters. The van der Waals surface area contributed by atoms with Crippen LogP contribution in [0.4, 0.5) is 13.2 Å². The fraction of sp³-hybridized carbons (Fsp3) is 0.217. The predicted molar refractivity (Wildman–Crippen MR) is 124 cm³/mol. The molecule has 0 saturated heterocycles. The highest BCUT2D eigenvalue weighted by Gasteiger charge is 2.31. The number of halogens is 3. The molecular weight excluding hydrogens is 471 g/mol. The minimum absolute atomic E-state index is 0.291. The number of hydrogen-bond donors (Lipinski definition) is 0. The van der Waals surface area contributed by atoms with Crippen LogP contribution in [0.1, 0.15) is 5.69 Å². The Kier molecular flexibility index (Phi) is 6.94. The molecule has 4 aromatic rings. The second kappa shape index (κ2) is 9.88. The third-order valence-electron chi connectivity index (χ3n) is 4.76. The Labute approximate surface area is 197 Å². The maximum absolute atomic E-state index is 13.3. The van der Waals surface area contributed by atoms with Crippen molar-refractivity contribution in [1.82, 2.24) is 14.5 Å². The van der Waals surface area contributed by atoms with Gasteiger partial charge in [0.1, 0.15) is 11.6 Å². The number of methoxy groups -OCH3 is 2. The molecular formula is C23H20F3N3O2S2. The first-order chi connectivity index (χ1) is 15.9. The summed E-state index contributed by atoms with van der Waals surface area (Å²) in [5.74, 6) is 1.57. The van der Waals surface area contributed by atoms with Crippen molar-refractivity contribution >= 4 is 23.1 Å². The van der Waals surface area contributed by atoms with Gasteiger partial charge < -0.3 is 14.0 Å². The molecule has 0 radical (unpaired) electrons. The van der Waals surface area contributed by atoms with Gasteiger partial charge in [-0.1, -0.05) is 48.2 Å². The maximum atomic E-state index is 13.3. The summed E-state index contributed by atoms with van der Waals surface area (Å²) >= 11 is 2.66. The average molecular weight is 492 g/mol. The number of thiazole rings is 1. The fourth-order valence-corrected chi connectivity index (χ4v) is 5.15. The van der Waals surface area contributed by atoms with Gasteiger partial charge in [-0.2, -0.15) is 13.2 Å². The van der Waals surface area contributed by atoms with E-state index in [0.717, 1.165) is 16.3 Å². The molecule has 0 saturated carbocycles. The van der Waals surface area contributed by atoms with Gasteiger partial charge in [-0.15, -0.1) is 11.3 Å². The summed E-state index contributed by atoms with van der Waals surface area (Å²) in [6, 6.07) is 14.5. The molecule has 0 N–H and O–H groups in total. The Hall–Kier alpha value is -2.98. The number of hydrogen-bond acceptors (Lipinski definition) is 6. The molecule has 2 aromatic carbocycles. The highest BCUT2D eigenvalue weighted by molar-refractivity contribution is 7.98. The molecule has 0 aliphatic rings. The summed E-state index contributed by atoms with van der Waals surface area (Å²) in [5, 5.41) is 2.92. The molecule has 0 bridgehead atoms. The topological polar surface area (TPSA) is 49.2 Å². The van der Waals surface area contributed by atoms with Crippen molar-refractivity contribution in [1.29, 1.82) is 0 Å². The zero-order valence-electron chi connectivity index (χ0n) is 17.8. The Bertz CT molecular complexity index is 1220. The lowest BCUT2D eigenvalue weighted by molar-refractivity contribution is -0.141. The van der Waals surface area contributed by atoms with Crippen LogP contribution in [-0.4, -0.2) is 34.9 Å². The number of nitrogens with zero attached hydrogens (tertiary/aromatic N) is 3. The van der Waals surface area contributed by atoms with E-state index in [1.165, 1.54) is 33.9 Å². The first-order valence-electron chi connectivity index (χ1n) is 9.86. The quantitative estimate of drug-likeness (QED) is 0.262. The lowest BCUT2D eigenvalue weighted by atomic mass is 10.2. The van der Waals surface area contributed by atoms with E-state index < -0.39 is 12.7 Å². The highest BCUT2D eigenvalue weighted by Crippen LogP contribution is 2.39. The molecule has 0 spiro atoms. The number of thioether (sulfide) groups is 1. The summed E-state index contributed by atoms with van der Waals surface area (Å²) in [5.41, 5.74) is 2.65. The van der Waals surface area contributed by atoms with E-state index >= 15 is 0 Å². The normalized spacial score (nSPS) is 11.5. The first-order valence-corrected chi connectivity index (χ1v) is 11.7. The van der Waals surface area contributed by atoms with Crippen molar-refractivity contribution in [2.75, 3.05) is 14.2 Å². The van der Waals surface area contributed by atoms with Crippen molar-refractivity contribution in [3.63, 3.8) is 0 Å². The molecule has 0 aliphatic heterocycles. The minimum atomic E-state index is -4.36. The summed E-state index contributed by atoms with van der Waals surface area (Å²) in [7, 11) is 3.13. The summed E-state index contributed by atoms with van der Waals surface area (Å²) in [6.07, 6.45) is -2.88. The number of ether oxygens (including phenoxy) is 2. The molecule has 0 fully saturated rings. The van der Waals surface area contributed by atoms with E-state index in [0.29, 0.717) is 33.7 Å². The van der Waals surface area contributed by atoms with Gasteiger partial charge in [-0.3, -0.25) is 0 Å². The van der Waals surface area contributed by atoms with Crippen LogP contribution in [0, 0.1) is 0 Å². The number of rotatable bonds is 8. The molecule has 2 heterocycles. The molecule has 0 unspecified atom stereocenters. The van der Waals surface area contributed by atoms with Gasteiger partial charge in [0.15, 0.2) is 16.7 Å². The van der Waals surface area contributed by atoms with Crippen molar-refractivity contribution in [3.05, 3.63) is 65.8 Å². The number of para-hydroxylation sites is 1. The van der Waals surface area contributed by atoms with E-state index in [2.05, 4.69) is 9.97 Å². The molecule has 33 heavy (non-hydrogen) atoms. The van der Waals surface area contributed by atoms with Crippen LogP contribution in [0.3, 0.4) is 0 Å². The van der Waals surface area contributed by atoms with Crippen molar-refractivity contribution in [2.24, 2.45) is 0 Å². The molecule has 0 amide bonds. The van der Waals surface area contributed by atoms with Crippen LogP contribution in [0.5, 0.6) is 11.5 Å². The summed E-state index contributed by atoms with van der Waals surface area (Å²) in [6.45, 7) is -1.11. The fourth-order valence-electron chi connectivity index (χ4n) is 3.34. The monoisotopic (exact) mass is 491 g/mol. The van der Waals surface area contributed by atoms with E-state index in [1.807, 2.05) is 23.6 Å². The number of imidazole rings is 1. The molecule has 5 nitrogen and oxygen atoms in total. The Balaban J connectivity index is 1.57. The van der Waals surface area contributed by atoms with Gasteiger partial charge in [-0.05, 0) is 17.7 Å². The highest BCUT2D eigenvalue weighted by atomic mass is 32.2. The van der Waals surface area contributed by atoms with Crippen molar-refractivity contribution in [2.45, 2.75) is 23.6 Å². The molecule has 172 valence electrons. The van der Waals surface area contributed by atoms with E-state index in [1.54, 1.807) is 44.6 Å².